The first kappa shape index (κ1) is 25.1. The third kappa shape index (κ3) is 4.72. The normalized spacial score (nSPS) is 23.1. The van der Waals surface area contributed by atoms with Gasteiger partial charge in [0.05, 0.1) is 5.25 Å². The van der Waals surface area contributed by atoms with Crippen LogP contribution in [0.15, 0.2) is 54.7 Å². The zero-order valence-corrected chi connectivity index (χ0v) is 22.3. The maximum atomic E-state index is 13.8. The molecule has 200 valence electrons. The molecular formula is C28H33N5O4S. The zero-order chi connectivity index (χ0) is 26.4. The molecule has 1 saturated carbocycles. The molecule has 3 fully saturated rings. The van der Waals surface area contributed by atoms with Crippen molar-refractivity contribution >= 4 is 38.4 Å². The molecule has 3 aliphatic rings. The number of benzene rings is 2. The van der Waals surface area contributed by atoms with Crippen molar-refractivity contribution in [1.29, 1.82) is 0 Å². The summed E-state index contributed by atoms with van der Waals surface area (Å²) in [6.07, 6.45) is 3.94. The van der Waals surface area contributed by atoms with Crippen molar-refractivity contribution in [3.8, 4) is 0 Å². The summed E-state index contributed by atoms with van der Waals surface area (Å²) in [5.74, 6) is -0.376. The Labute approximate surface area is 222 Å². The number of piperazine rings is 1. The van der Waals surface area contributed by atoms with Gasteiger partial charge in [-0.25, -0.2) is 8.42 Å². The topological polar surface area (TPSA) is 106 Å². The highest BCUT2D eigenvalue weighted by Gasteiger charge is 2.45. The van der Waals surface area contributed by atoms with Crippen LogP contribution in [0.2, 0.25) is 0 Å². The number of nitrogens with one attached hydrogen (secondary N) is 2. The lowest BCUT2D eigenvalue weighted by Gasteiger charge is -2.37. The van der Waals surface area contributed by atoms with E-state index in [-0.39, 0.29) is 23.1 Å². The largest absolute Gasteiger partial charge is 0.361 e. The number of sulfonamides is 1. The molecule has 0 radical (unpaired) electrons. The number of fused-ring (bicyclic) bond motifs is 1. The molecule has 2 saturated heterocycles. The van der Waals surface area contributed by atoms with Crippen molar-refractivity contribution in [3.63, 3.8) is 0 Å². The number of carbonyl (C=O) groups is 2. The summed E-state index contributed by atoms with van der Waals surface area (Å²) < 4.78 is 27.0. The second-order valence-corrected chi connectivity index (χ2v) is 12.8. The van der Waals surface area contributed by atoms with Crippen molar-refractivity contribution in [2.75, 3.05) is 38.0 Å². The molecule has 0 spiro atoms. The third-order valence-corrected chi connectivity index (χ3v) is 10.5. The van der Waals surface area contributed by atoms with Crippen LogP contribution >= 0.6 is 0 Å². The highest BCUT2D eigenvalue weighted by molar-refractivity contribution is 7.90. The van der Waals surface area contributed by atoms with Crippen LogP contribution in [0.1, 0.15) is 35.2 Å². The van der Waals surface area contributed by atoms with E-state index in [9.17, 15) is 18.0 Å². The molecule has 2 atom stereocenters. The predicted molar refractivity (Wildman–Crippen MR) is 146 cm³/mol. The van der Waals surface area contributed by atoms with Crippen molar-refractivity contribution < 1.29 is 18.0 Å². The van der Waals surface area contributed by atoms with E-state index in [4.69, 9.17) is 0 Å². The molecule has 0 bridgehead atoms. The molecule has 38 heavy (non-hydrogen) atoms. The summed E-state index contributed by atoms with van der Waals surface area (Å²) in [5.41, 5.74) is 3.28. The molecule has 6 rings (SSSR count). The van der Waals surface area contributed by atoms with Gasteiger partial charge in [-0.3, -0.25) is 14.5 Å². The maximum absolute atomic E-state index is 13.8. The molecular weight excluding hydrogens is 502 g/mol. The quantitative estimate of drug-likeness (QED) is 0.505. The average Bonchev–Trinajstić information content (AvgIpc) is 3.61. The minimum atomic E-state index is -3.20. The van der Waals surface area contributed by atoms with Crippen LogP contribution in [-0.4, -0.2) is 89.4 Å². The predicted octanol–water partition coefficient (Wildman–Crippen LogP) is 2.81. The van der Waals surface area contributed by atoms with Gasteiger partial charge in [-0.1, -0.05) is 18.2 Å². The number of rotatable bonds is 6. The van der Waals surface area contributed by atoms with E-state index >= 15 is 0 Å². The van der Waals surface area contributed by atoms with E-state index in [1.54, 1.807) is 9.21 Å². The number of H-pyrrole nitrogens is 1. The van der Waals surface area contributed by atoms with Crippen LogP contribution in [-0.2, 0) is 14.8 Å². The fourth-order valence-electron chi connectivity index (χ4n) is 5.76. The molecule has 2 aromatic carbocycles. The summed E-state index contributed by atoms with van der Waals surface area (Å²) in [6, 6.07) is 14.2. The zero-order valence-electron chi connectivity index (χ0n) is 21.5. The van der Waals surface area contributed by atoms with Gasteiger partial charge >= 0.3 is 0 Å². The van der Waals surface area contributed by atoms with Crippen molar-refractivity contribution in [1.82, 2.24) is 19.1 Å². The van der Waals surface area contributed by atoms with Crippen LogP contribution in [0, 0.1) is 6.92 Å². The Hall–Kier alpha value is -3.21. The van der Waals surface area contributed by atoms with Crippen LogP contribution in [0.4, 0.5) is 5.69 Å². The van der Waals surface area contributed by atoms with E-state index in [2.05, 4.69) is 15.2 Å². The van der Waals surface area contributed by atoms with E-state index in [0.29, 0.717) is 50.4 Å². The second kappa shape index (κ2) is 9.83. The molecule has 3 aromatic rings. The lowest BCUT2D eigenvalue weighted by molar-refractivity contribution is -0.119. The van der Waals surface area contributed by atoms with E-state index in [0.717, 1.165) is 29.3 Å². The van der Waals surface area contributed by atoms with Gasteiger partial charge in [0.1, 0.15) is 6.04 Å². The standard InChI is InChI=1S/C28H33N5O4S/c1-19-17-29-25-10-7-20(15-24(19)25)28(35)33-18-22(16-26(33)27(34)30-21-5-3-2-4-6-21)31-11-13-32(14-12-31)38(36,37)23-8-9-23/h2-7,10,15,17,22-23,26,29H,8-9,11-14,16,18H2,1H3,(H,30,34)/t22-,26-/m0/s1. The number of aryl methyl sites for hydroxylation is 1. The van der Waals surface area contributed by atoms with E-state index < -0.39 is 16.1 Å². The molecule has 2 aliphatic heterocycles. The van der Waals surface area contributed by atoms with Crippen LogP contribution in [0.5, 0.6) is 0 Å². The van der Waals surface area contributed by atoms with Crippen LogP contribution in [0.25, 0.3) is 10.9 Å². The number of aromatic amines is 1. The summed E-state index contributed by atoms with van der Waals surface area (Å²) in [5, 5.41) is 3.76. The molecule has 2 N–H and O–H groups in total. The van der Waals surface area contributed by atoms with Gasteiger partial charge in [0, 0.05) is 67.1 Å². The van der Waals surface area contributed by atoms with Crippen molar-refractivity contribution in [3.05, 3.63) is 65.9 Å². The fourth-order valence-corrected chi connectivity index (χ4v) is 7.58. The van der Waals surface area contributed by atoms with Gasteiger partial charge < -0.3 is 15.2 Å². The van der Waals surface area contributed by atoms with Gasteiger partial charge in [-0.2, -0.15) is 4.31 Å². The Morgan fingerprint density at radius 1 is 1.00 bits per heavy atom. The molecule has 9 nitrogen and oxygen atoms in total. The maximum Gasteiger partial charge on any atom is 0.254 e. The average molecular weight is 536 g/mol. The van der Waals surface area contributed by atoms with Gasteiger partial charge in [0.2, 0.25) is 15.9 Å². The number of hydrogen-bond donors (Lipinski definition) is 2. The number of nitrogens with zero attached hydrogens (tertiary/aromatic N) is 3. The number of para-hydroxylation sites is 1. The second-order valence-electron chi connectivity index (χ2n) is 10.6. The highest BCUT2D eigenvalue weighted by Crippen LogP contribution is 2.33. The van der Waals surface area contributed by atoms with Crippen LogP contribution in [0.3, 0.4) is 0 Å². The van der Waals surface area contributed by atoms with Crippen LogP contribution < -0.4 is 5.32 Å². The summed E-state index contributed by atoms with van der Waals surface area (Å²) in [4.78, 5) is 34.4. The van der Waals surface area contributed by atoms with Gasteiger partial charge in [0.25, 0.3) is 5.91 Å². The van der Waals surface area contributed by atoms with Crippen molar-refractivity contribution in [2.45, 2.75) is 43.5 Å². The highest BCUT2D eigenvalue weighted by atomic mass is 32.2. The first-order chi connectivity index (χ1) is 18.3. The number of amides is 2. The molecule has 10 heteroatoms. The van der Waals surface area contributed by atoms with E-state index in [1.807, 2.05) is 61.7 Å². The lowest BCUT2D eigenvalue weighted by Crippen LogP contribution is -2.53. The van der Waals surface area contributed by atoms with Crippen molar-refractivity contribution in [2.24, 2.45) is 0 Å². The Kier molecular flexibility index (Phi) is 6.49. The SMILES string of the molecule is Cc1c[nH]c2ccc(C(=O)N3C[C@@H](N4CCN(S(=O)(=O)C5CC5)CC4)C[C@H]3C(=O)Nc3ccccc3)cc12. The smallest absolute Gasteiger partial charge is 0.254 e. The minimum Gasteiger partial charge on any atom is -0.361 e. The molecule has 1 aliphatic carbocycles. The Morgan fingerprint density at radius 2 is 1.74 bits per heavy atom. The first-order valence-corrected chi connectivity index (χ1v) is 14.8. The molecule has 1 aromatic heterocycles. The molecule has 2 amide bonds. The summed E-state index contributed by atoms with van der Waals surface area (Å²) in [6.45, 7) is 4.52. The monoisotopic (exact) mass is 535 g/mol. The fraction of sp³-hybridized carbons (Fsp3) is 0.429. The number of carbonyl (C=O) groups excluding carboxylic acids is 2. The summed E-state index contributed by atoms with van der Waals surface area (Å²) >= 11 is 0. The third-order valence-electron chi connectivity index (χ3n) is 8.11. The Bertz CT molecular complexity index is 1460. The molecule has 3 heterocycles. The van der Waals surface area contributed by atoms with E-state index in [1.165, 1.54) is 0 Å². The Morgan fingerprint density at radius 3 is 2.45 bits per heavy atom. The number of aromatic nitrogens is 1. The number of hydrogen-bond acceptors (Lipinski definition) is 5. The summed E-state index contributed by atoms with van der Waals surface area (Å²) in [7, 11) is -3.20. The van der Waals surface area contributed by atoms with Gasteiger partial charge in [0.15, 0.2) is 0 Å². The number of anilines is 1. The van der Waals surface area contributed by atoms with Gasteiger partial charge in [-0.15, -0.1) is 0 Å². The Balaban J connectivity index is 1.22. The minimum absolute atomic E-state index is 0.0195. The molecule has 0 unspecified atom stereocenters. The lowest BCUT2D eigenvalue weighted by atomic mass is 10.1. The number of likely N-dealkylation sites (tertiary alicyclic amines) is 1. The first-order valence-electron chi connectivity index (χ1n) is 13.3. The van der Waals surface area contributed by atoms with Gasteiger partial charge in [-0.05, 0) is 62.1 Å².